The molecule has 0 aliphatic heterocycles. The van der Waals surface area contributed by atoms with E-state index in [1.54, 1.807) is 0 Å². The highest BCUT2D eigenvalue weighted by Gasteiger charge is 2.22. The molecule has 3 nitrogen and oxygen atoms in total. The van der Waals surface area contributed by atoms with E-state index in [-0.39, 0.29) is 5.56 Å². The van der Waals surface area contributed by atoms with Gasteiger partial charge in [-0.1, -0.05) is 35.9 Å². The predicted octanol–water partition coefficient (Wildman–Crippen LogP) is 3.76. The SMILES string of the molecule is CCOCCc1c2c(c(Cl)[nH]c1=O)CCCc1ccccc1-2. The third-order valence-corrected chi connectivity index (χ3v) is 4.55. The van der Waals surface area contributed by atoms with Crippen LogP contribution in [0.25, 0.3) is 11.1 Å². The number of aromatic nitrogens is 1. The van der Waals surface area contributed by atoms with E-state index >= 15 is 0 Å². The number of aromatic amines is 1. The van der Waals surface area contributed by atoms with Crippen LogP contribution < -0.4 is 5.56 Å². The van der Waals surface area contributed by atoms with Crippen molar-refractivity contribution in [2.45, 2.75) is 32.6 Å². The van der Waals surface area contributed by atoms with Gasteiger partial charge in [0.25, 0.3) is 5.56 Å². The Labute approximate surface area is 135 Å². The molecule has 1 aliphatic rings. The second-order valence-electron chi connectivity index (χ2n) is 5.56. The van der Waals surface area contributed by atoms with Crippen LogP contribution in [0.2, 0.25) is 5.15 Å². The Morgan fingerprint density at radius 1 is 1.27 bits per heavy atom. The minimum absolute atomic E-state index is 0.0971. The van der Waals surface area contributed by atoms with Crippen molar-refractivity contribution >= 4 is 11.6 Å². The fraction of sp³-hybridized carbons (Fsp3) is 0.389. The van der Waals surface area contributed by atoms with Crippen LogP contribution in [0, 0.1) is 0 Å². The van der Waals surface area contributed by atoms with E-state index < -0.39 is 0 Å². The van der Waals surface area contributed by atoms with Gasteiger partial charge in [0.1, 0.15) is 5.15 Å². The average Bonchev–Trinajstić information content (AvgIpc) is 2.71. The van der Waals surface area contributed by atoms with Crippen molar-refractivity contribution in [3.05, 3.63) is 56.5 Å². The summed E-state index contributed by atoms with van der Waals surface area (Å²) in [6, 6.07) is 8.32. The summed E-state index contributed by atoms with van der Waals surface area (Å²) in [6.45, 7) is 3.17. The van der Waals surface area contributed by atoms with Crippen molar-refractivity contribution in [1.82, 2.24) is 4.98 Å². The Hall–Kier alpha value is -1.58. The number of nitrogens with one attached hydrogen (secondary N) is 1. The number of hydrogen-bond donors (Lipinski definition) is 1. The Morgan fingerprint density at radius 2 is 2.09 bits per heavy atom. The zero-order valence-corrected chi connectivity index (χ0v) is 13.5. The molecule has 4 heteroatoms. The quantitative estimate of drug-likeness (QED) is 0.689. The molecule has 0 saturated carbocycles. The minimum atomic E-state index is -0.0971. The highest BCUT2D eigenvalue weighted by atomic mass is 35.5. The number of fused-ring (bicyclic) bond motifs is 3. The lowest BCUT2D eigenvalue weighted by molar-refractivity contribution is 0.150. The molecule has 0 saturated heterocycles. The summed E-state index contributed by atoms with van der Waals surface area (Å²) in [5.74, 6) is 0. The molecule has 3 rings (SSSR count). The molecule has 1 aromatic heterocycles. The summed E-state index contributed by atoms with van der Waals surface area (Å²) in [4.78, 5) is 15.2. The van der Waals surface area contributed by atoms with Crippen molar-refractivity contribution in [1.29, 1.82) is 0 Å². The predicted molar refractivity (Wildman–Crippen MR) is 89.7 cm³/mol. The Morgan fingerprint density at radius 3 is 2.91 bits per heavy atom. The van der Waals surface area contributed by atoms with Gasteiger partial charge in [-0.25, -0.2) is 0 Å². The average molecular weight is 318 g/mol. The Balaban J connectivity index is 2.20. The van der Waals surface area contributed by atoms with Crippen LogP contribution >= 0.6 is 11.6 Å². The zero-order chi connectivity index (χ0) is 15.5. The molecule has 0 amide bonds. The number of hydrogen-bond acceptors (Lipinski definition) is 2. The van der Waals surface area contributed by atoms with Crippen LogP contribution in [0.1, 0.15) is 30.0 Å². The fourth-order valence-corrected chi connectivity index (χ4v) is 3.49. The molecule has 2 aromatic rings. The van der Waals surface area contributed by atoms with Gasteiger partial charge in [-0.05, 0) is 48.4 Å². The lowest BCUT2D eigenvalue weighted by Gasteiger charge is -2.15. The summed E-state index contributed by atoms with van der Waals surface area (Å²) < 4.78 is 5.45. The van der Waals surface area contributed by atoms with Gasteiger partial charge in [0.05, 0.1) is 6.61 Å². The van der Waals surface area contributed by atoms with Crippen molar-refractivity contribution < 1.29 is 4.74 Å². The van der Waals surface area contributed by atoms with Gasteiger partial charge < -0.3 is 9.72 Å². The summed E-state index contributed by atoms with van der Waals surface area (Å²) in [5.41, 5.74) is 5.23. The second-order valence-corrected chi connectivity index (χ2v) is 5.94. The standard InChI is InChI=1S/C18H20ClNO2/c1-2-22-11-10-15-16-13-8-4-3-6-12(13)7-5-9-14(16)17(19)20-18(15)21/h3-4,6,8H,2,5,7,9-11H2,1H3,(H,20,21). The van der Waals surface area contributed by atoms with Gasteiger partial charge in [-0.15, -0.1) is 0 Å². The van der Waals surface area contributed by atoms with E-state index in [0.717, 1.165) is 41.5 Å². The smallest absolute Gasteiger partial charge is 0.252 e. The molecule has 116 valence electrons. The third kappa shape index (κ3) is 2.83. The first kappa shape index (κ1) is 15.3. The van der Waals surface area contributed by atoms with Crippen LogP contribution in [0.5, 0.6) is 0 Å². The number of ether oxygens (including phenoxy) is 1. The lowest BCUT2D eigenvalue weighted by Crippen LogP contribution is -2.18. The first-order chi connectivity index (χ1) is 10.7. The molecule has 0 bridgehead atoms. The van der Waals surface area contributed by atoms with Crippen molar-refractivity contribution in [2.75, 3.05) is 13.2 Å². The summed E-state index contributed by atoms with van der Waals surface area (Å²) in [5, 5.41) is 0.483. The number of H-pyrrole nitrogens is 1. The molecule has 1 aliphatic carbocycles. The lowest BCUT2D eigenvalue weighted by atomic mass is 9.92. The van der Waals surface area contributed by atoms with E-state index in [2.05, 4.69) is 23.2 Å². The van der Waals surface area contributed by atoms with Crippen LogP contribution in [0.15, 0.2) is 29.1 Å². The number of aryl methyl sites for hydroxylation is 1. The summed E-state index contributed by atoms with van der Waals surface area (Å²) in [6.07, 6.45) is 3.55. The number of pyridine rings is 1. The van der Waals surface area contributed by atoms with Gasteiger partial charge >= 0.3 is 0 Å². The molecule has 0 unspecified atom stereocenters. The molecule has 1 heterocycles. The monoisotopic (exact) mass is 317 g/mol. The molecule has 0 radical (unpaired) electrons. The number of benzene rings is 1. The van der Waals surface area contributed by atoms with Crippen LogP contribution in [0.3, 0.4) is 0 Å². The topological polar surface area (TPSA) is 42.1 Å². The molecular formula is C18H20ClNO2. The van der Waals surface area contributed by atoms with E-state index in [0.29, 0.717) is 24.8 Å². The molecular weight excluding hydrogens is 298 g/mol. The molecule has 22 heavy (non-hydrogen) atoms. The van der Waals surface area contributed by atoms with Crippen LogP contribution in [-0.4, -0.2) is 18.2 Å². The van der Waals surface area contributed by atoms with E-state index in [9.17, 15) is 4.79 Å². The molecule has 1 aromatic carbocycles. The molecule has 1 N–H and O–H groups in total. The summed E-state index contributed by atoms with van der Waals surface area (Å²) in [7, 11) is 0. The number of halogens is 1. The van der Waals surface area contributed by atoms with E-state index in [1.807, 2.05) is 13.0 Å². The highest BCUT2D eigenvalue weighted by molar-refractivity contribution is 6.30. The first-order valence-corrected chi connectivity index (χ1v) is 8.19. The minimum Gasteiger partial charge on any atom is -0.381 e. The second kappa shape index (κ2) is 6.67. The van der Waals surface area contributed by atoms with E-state index in [1.165, 1.54) is 5.56 Å². The molecule has 0 fully saturated rings. The Bertz CT molecular complexity index is 736. The van der Waals surface area contributed by atoms with Gasteiger partial charge in [0.15, 0.2) is 0 Å². The zero-order valence-electron chi connectivity index (χ0n) is 12.7. The fourth-order valence-electron chi connectivity index (χ4n) is 3.21. The van der Waals surface area contributed by atoms with Crippen molar-refractivity contribution in [3.63, 3.8) is 0 Å². The largest absolute Gasteiger partial charge is 0.381 e. The maximum absolute atomic E-state index is 12.4. The van der Waals surface area contributed by atoms with Crippen molar-refractivity contribution in [2.24, 2.45) is 0 Å². The first-order valence-electron chi connectivity index (χ1n) is 7.82. The van der Waals surface area contributed by atoms with Gasteiger partial charge in [-0.2, -0.15) is 0 Å². The van der Waals surface area contributed by atoms with E-state index in [4.69, 9.17) is 16.3 Å². The van der Waals surface area contributed by atoms with Crippen LogP contribution in [0.4, 0.5) is 0 Å². The van der Waals surface area contributed by atoms with Crippen molar-refractivity contribution in [3.8, 4) is 11.1 Å². The third-order valence-electron chi connectivity index (χ3n) is 4.23. The van der Waals surface area contributed by atoms with Gasteiger partial charge in [0, 0.05) is 18.6 Å². The van der Waals surface area contributed by atoms with Crippen LogP contribution in [-0.2, 0) is 24.0 Å². The maximum atomic E-state index is 12.4. The molecule has 0 spiro atoms. The molecule has 0 atom stereocenters. The Kier molecular flexibility index (Phi) is 4.65. The highest BCUT2D eigenvalue weighted by Crippen LogP contribution is 2.36. The normalized spacial score (nSPS) is 13.4. The van der Waals surface area contributed by atoms with Gasteiger partial charge in [0.2, 0.25) is 0 Å². The number of rotatable bonds is 4. The summed E-state index contributed by atoms with van der Waals surface area (Å²) >= 11 is 6.33. The van der Waals surface area contributed by atoms with Gasteiger partial charge in [-0.3, -0.25) is 4.79 Å². The maximum Gasteiger partial charge on any atom is 0.252 e.